The van der Waals surface area contributed by atoms with Crippen LogP contribution in [0.4, 0.5) is 0 Å². The van der Waals surface area contributed by atoms with Crippen LogP contribution in [-0.2, 0) is 0 Å². The lowest BCUT2D eigenvalue weighted by molar-refractivity contribution is 0.331. The third kappa shape index (κ3) is 2.52. The van der Waals surface area contributed by atoms with E-state index in [9.17, 15) is 0 Å². The van der Waals surface area contributed by atoms with Gasteiger partial charge in [0.15, 0.2) is 5.82 Å². The molecule has 0 atom stereocenters. The lowest BCUT2D eigenvalue weighted by atomic mass is 10.1. The summed E-state index contributed by atoms with van der Waals surface area (Å²) in [6.45, 7) is 2.51. The fourth-order valence-electron chi connectivity index (χ4n) is 2.24. The first-order valence-corrected chi connectivity index (χ1v) is 6.86. The zero-order chi connectivity index (χ0) is 14.7. The van der Waals surface area contributed by atoms with Gasteiger partial charge in [-0.25, -0.2) is 4.98 Å². The molecule has 4 heteroatoms. The van der Waals surface area contributed by atoms with Crippen molar-refractivity contribution >= 4 is 10.9 Å². The fourth-order valence-corrected chi connectivity index (χ4v) is 2.24. The van der Waals surface area contributed by atoms with Gasteiger partial charge in [0.2, 0.25) is 5.88 Å². The second-order valence-corrected chi connectivity index (χ2v) is 4.50. The Morgan fingerprint density at radius 2 is 1.71 bits per heavy atom. The van der Waals surface area contributed by atoms with Gasteiger partial charge in [-0.3, -0.25) is 0 Å². The second-order valence-electron chi connectivity index (χ2n) is 4.50. The zero-order valence-electron chi connectivity index (χ0n) is 12.0. The van der Waals surface area contributed by atoms with E-state index in [4.69, 9.17) is 9.47 Å². The summed E-state index contributed by atoms with van der Waals surface area (Å²) in [7, 11) is 1.64. The van der Waals surface area contributed by atoms with Crippen LogP contribution in [0.15, 0.2) is 48.5 Å². The van der Waals surface area contributed by atoms with Crippen LogP contribution >= 0.6 is 0 Å². The first kappa shape index (κ1) is 13.4. The minimum absolute atomic E-state index is 0.562. The van der Waals surface area contributed by atoms with E-state index in [-0.39, 0.29) is 0 Å². The van der Waals surface area contributed by atoms with Gasteiger partial charge in [0.25, 0.3) is 0 Å². The molecule has 21 heavy (non-hydrogen) atoms. The average molecular weight is 280 g/mol. The molecule has 0 unspecified atom stereocenters. The molecule has 0 saturated heterocycles. The molecule has 0 spiro atoms. The fraction of sp³-hybridized carbons (Fsp3) is 0.176. The molecule has 3 aromatic rings. The van der Waals surface area contributed by atoms with Crippen molar-refractivity contribution in [2.45, 2.75) is 6.92 Å². The lowest BCUT2D eigenvalue weighted by Crippen LogP contribution is -2.00. The van der Waals surface area contributed by atoms with Gasteiger partial charge in [-0.1, -0.05) is 24.3 Å². The van der Waals surface area contributed by atoms with Crippen molar-refractivity contribution in [2.75, 3.05) is 13.7 Å². The Bertz CT molecular complexity index is 772. The van der Waals surface area contributed by atoms with Crippen LogP contribution in [0, 0.1) is 0 Å². The zero-order valence-corrected chi connectivity index (χ0v) is 12.0. The number of nitrogens with zero attached hydrogens (tertiary/aromatic N) is 2. The topological polar surface area (TPSA) is 44.2 Å². The predicted molar refractivity (Wildman–Crippen MR) is 82.7 cm³/mol. The average Bonchev–Trinajstić information content (AvgIpc) is 2.55. The molecule has 0 aliphatic heterocycles. The maximum Gasteiger partial charge on any atom is 0.225 e. The second kappa shape index (κ2) is 5.79. The van der Waals surface area contributed by atoms with Crippen LogP contribution < -0.4 is 9.47 Å². The van der Waals surface area contributed by atoms with E-state index in [1.54, 1.807) is 7.11 Å². The Hall–Kier alpha value is -2.62. The largest absolute Gasteiger partial charge is 0.496 e. The monoisotopic (exact) mass is 280 g/mol. The van der Waals surface area contributed by atoms with Crippen LogP contribution in [0.2, 0.25) is 0 Å². The van der Waals surface area contributed by atoms with E-state index < -0.39 is 0 Å². The van der Waals surface area contributed by atoms with Crippen LogP contribution in [0.3, 0.4) is 0 Å². The van der Waals surface area contributed by atoms with Gasteiger partial charge in [-0.2, -0.15) is 4.98 Å². The molecule has 2 aromatic carbocycles. The summed E-state index contributed by atoms with van der Waals surface area (Å²) in [5.41, 5.74) is 1.71. The van der Waals surface area contributed by atoms with E-state index in [0.29, 0.717) is 18.3 Å². The van der Waals surface area contributed by atoms with Crippen molar-refractivity contribution in [3.8, 4) is 23.0 Å². The maximum atomic E-state index is 5.66. The molecule has 1 aromatic heterocycles. The summed E-state index contributed by atoms with van der Waals surface area (Å²) in [6.07, 6.45) is 0. The molecule has 0 saturated carbocycles. The number of benzene rings is 2. The number of rotatable bonds is 4. The maximum absolute atomic E-state index is 5.66. The number of methoxy groups -OCH3 is 1. The standard InChI is InChI=1S/C17H16N2O2/c1-3-21-17-12-8-4-6-10-14(12)18-16(19-17)13-9-5-7-11-15(13)20-2/h4-11H,3H2,1-2H3. The van der Waals surface area contributed by atoms with Crippen molar-refractivity contribution in [3.05, 3.63) is 48.5 Å². The van der Waals surface area contributed by atoms with Gasteiger partial charge in [-0.15, -0.1) is 0 Å². The van der Waals surface area contributed by atoms with Gasteiger partial charge >= 0.3 is 0 Å². The first-order valence-electron chi connectivity index (χ1n) is 6.86. The Morgan fingerprint density at radius 3 is 2.52 bits per heavy atom. The van der Waals surface area contributed by atoms with Crippen molar-refractivity contribution in [1.29, 1.82) is 0 Å². The smallest absolute Gasteiger partial charge is 0.225 e. The number of ether oxygens (including phenoxy) is 2. The third-order valence-electron chi connectivity index (χ3n) is 3.20. The number of hydrogen-bond acceptors (Lipinski definition) is 4. The summed E-state index contributed by atoms with van der Waals surface area (Å²) in [4.78, 5) is 9.18. The summed E-state index contributed by atoms with van der Waals surface area (Å²) < 4.78 is 11.1. The highest BCUT2D eigenvalue weighted by molar-refractivity contribution is 5.85. The summed E-state index contributed by atoms with van der Waals surface area (Å²) in [6, 6.07) is 15.5. The van der Waals surface area contributed by atoms with E-state index in [2.05, 4.69) is 9.97 Å². The normalized spacial score (nSPS) is 10.6. The van der Waals surface area contributed by atoms with Gasteiger partial charge in [-0.05, 0) is 31.2 Å². The molecule has 0 radical (unpaired) electrons. The molecule has 1 heterocycles. The summed E-state index contributed by atoms with van der Waals surface area (Å²) in [5, 5.41) is 0.915. The van der Waals surface area contributed by atoms with Crippen LogP contribution in [-0.4, -0.2) is 23.7 Å². The Kier molecular flexibility index (Phi) is 3.69. The van der Waals surface area contributed by atoms with Crippen LogP contribution in [0.5, 0.6) is 11.6 Å². The van der Waals surface area contributed by atoms with Crippen molar-refractivity contribution in [1.82, 2.24) is 9.97 Å². The van der Waals surface area contributed by atoms with Gasteiger partial charge in [0.05, 0.1) is 30.2 Å². The first-order chi connectivity index (χ1) is 10.3. The number of aromatic nitrogens is 2. The lowest BCUT2D eigenvalue weighted by Gasteiger charge is -2.11. The van der Waals surface area contributed by atoms with Crippen LogP contribution in [0.1, 0.15) is 6.92 Å². The van der Waals surface area contributed by atoms with E-state index >= 15 is 0 Å². The molecule has 0 bridgehead atoms. The van der Waals surface area contributed by atoms with Gasteiger partial charge in [0, 0.05) is 0 Å². The molecule has 0 amide bonds. The molecule has 106 valence electrons. The highest BCUT2D eigenvalue weighted by Gasteiger charge is 2.13. The van der Waals surface area contributed by atoms with Crippen molar-refractivity contribution < 1.29 is 9.47 Å². The molecule has 0 aliphatic carbocycles. The number of para-hydroxylation sites is 2. The highest BCUT2D eigenvalue weighted by atomic mass is 16.5. The minimum Gasteiger partial charge on any atom is -0.496 e. The van der Waals surface area contributed by atoms with E-state index in [1.165, 1.54) is 0 Å². The summed E-state index contributed by atoms with van der Waals surface area (Å²) in [5.74, 6) is 1.95. The Balaban J connectivity index is 2.23. The van der Waals surface area contributed by atoms with Gasteiger partial charge in [0.1, 0.15) is 5.75 Å². The molecule has 0 N–H and O–H groups in total. The minimum atomic E-state index is 0.562. The Labute approximate surface area is 123 Å². The molecular formula is C17H16N2O2. The molecule has 0 aliphatic rings. The van der Waals surface area contributed by atoms with Crippen molar-refractivity contribution in [3.63, 3.8) is 0 Å². The van der Waals surface area contributed by atoms with Crippen LogP contribution in [0.25, 0.3) is 22.3 Å². The van der Waals surface area contributed by atoms with Gasteiger partial charge < -0.3 is 9.47 Å². The predicted octanol–water partition coefficient (Wildman–Crippen LogP) is 3.70. The molecular weight excluding hydrogens is 264 g/mol. The number of hydrogen-bond donors (Lipinski definition) is 0. The number of fused-ring (bicyclic) bond motifs is 1. The van der Waals surface area contributed by atoms with Crippen molar-refractivity contribution in [2.24, 2.45) is 0 Å². The molecule has 3 rings (SSSR count). The van der Waals surface area contributed by atoms with E-state index in [1.807, 2.05) is 55.5 Å². The van der Waals surface area contributed by atoms with E-state index in [0.717, 1.165) is 22.2 Å². The highest BCUT2D eigenvalue weighted by Crippen LogP contribution is 2.31. The third-order valence-corrected chi connectivity index (χ3v) is 3.20. The quantitative estimate of drug-likeness (QED) is 0.731. The molecule has 0 fully saturated rings. The Morgan fingerprint density at radius 1 is 0.952 bits per heavy atom. The SMILES string of the molecule is CCOc1nc(-c2ccccc2OC)nc2ccccc12. The molecule has 4 nitrogen and oxygen atoms in total. The summed E-state index contributed by atoms with van der Waals surface area (Å²) >= 11 is 0.